The first-order valence-electron chi connectivity index (χ1n) is 27.1. The van der Waals surface area contributed by atoms with Crippen molar-refractivity contribution in [2.45, 2.75) is 245 Å². The van der Waals surface area contributed by atoms with Gasteiger partial charge in [-0.2, -0.15) is 0 Å². The molecule has 0 aromatic rings. The van der Waals surface area contributed by atoms with E-state index in [-0.39, 0.29) is 24.9 Å². The summed E-state index contributed by atoms with van der Waals surface area (Å²) in [5.74, 6) is -0.574. The second kappa shape index (κ2) is 46.4. The number of phosphoric ester groups is 1. The number of ether oxygens (including phenoxy) is 1. The van der Waals surface area contributed by atoms with Crippen molar-refractivity contribution in [3.63, 3.8) is 0 Å². The van der Waals surface area contributed by atoms with Crippen LogP contribution in [-0.2, 0) is 27.9 Å². The number of esters is 1. The summed E-state index contributed by atoms with van der Waals surface area (Å²) in [6.45, 7) is 6.68. The molecule has 384 valence electrons. The van der Waals surface area contributed by atoms with Crippen LogP contribution in [0.4, 0.5) is 0 Å². The first-order valence-corrected chi connectivity index (χ1v) is 28.6. The SMILES string of the molecule is CC/C=C/C/C=C/C/C=C/CCCCCCC(=O)OC(/C=C/CCCCCCCCCCC)C(COP(=O)([O-])OCC[N+](C)(C)C)NC(=O)CCCCCCCCC/C=C\CCCCCC. The predicted molar refractivity (Wildman–Crippen MR) is 279 cm³/mol. The lowest BCUT2D eigenvalue weighted by atomic mass is 10.1. The minimum atomic E-state index is -4.70. The third-order valence-electron chi connectivity index (χ3n) is 11.7. The van der Waals surface area contributed by atoms with Crippen LogP contribution in [0.5, 0.6) is 0 Å². The van der Waals surface area contributed by atoms with Crippen molar-refractivity contribution >= 4 is 19.7 Å². The van der Waals surface area contributed by atoms with E-state index in [0.717, 1.165) is 96.3 Å². The Hall–Kier alpha value is -2.29. The standard InChI is InChI=1S/C56H103N2O7P/c1-7-10-13-16-19-22-25-27-29-30-33-36-39-42-45-48-55(59)57-53(52-64-66(61,62)63-51-50-58(4,5)6)54(47-44-41-38-35-32-24-21-18-15-12-9-3)65-56(60)49-46-43-40-37-34-31-28-26-23-20-17-14-11-8-2/h11,14,20,22-23,25,28,31,44,47,53-54H,7-10,12-13,15-19,21,24,26-27,29-30,32-43,45-46,48-52H2,1-6H3,(H-,57,59,61,62)/b14-11+,23-20+,25-22-,31-28+,47-44+. The van der Waals surface area contributed by atoms with Crippen LogP contribution in [-0.4, -0.2) is 69.4 Å². The Morgan fingerprint density at radius 2 is 0.970 bits per heavy atom. The van der Waals surface area contributed by atoms with E-state index < -0.39 is 26.6 Å². The molecule has 0 aromatic heterocycles. The molecule has 0 saturated carbocycles. The highest BCUT2D eigenvalue weighted by molar-refractivity contribution is 7.45. The van der Waals surface area contributed by atoms with E-state index in [4.69, 9.17) is 13.8 Å². The molecule has 3 atom stereocenters. The minimum absolute atomic E-state index is 0.0283. The Morgan fingerprint density at radius 1 is 0.545 bits per heavy atom. The number of allylic oxidation sites excluding steroid dienone is 9. The molecule has 9 nitrogen and oxygen atoms in total. The van der Waals surface area contributed by atoms with Gasteiger partial charge in [-0.1, -0.05) is 191 Å². The van der Waals surface area contributed by atoms with Crippen molar-refractivity contribution in [1.82, 2.24) is 5.32 Å². The van der Waals surface area contributed by atoms with Crippen LogP contribution in [0, 0.1) is 0 Å². The zero-order valence-corrected chi connectivity index (χ0v) is 44.5. The molecule has 0 aliphatic heterocycles. The highest BCUT2D eigenvalue weighted by atomic mass is 31.2. The summed E-state index contributed by atoms with van der Waals surface area (Å²) >= 11 is 0. The van der Waals surface area contributed by atoms with E-state index in [9.17, 15) is 19.0 Å². The van der Waals surface area contributed by atoms with Gasteiger partial charge in [0.1, 0.15) is 19.3 Å². The molecule has 0 spiro atoms. The molecule has 66 heavy (non-hydrogen) atoms. The van der Waals surface area contributed by atoms with Gasteiger partial charge in [0.15, 0.2) is 0 Å². The fourth-order valence-corrected chi connectivity index (χ4v) is 8.19. The fraction of sp³-hybridized carbons (Fsp3) is 0.786. The molecule has 1 amide bonds. The monoisotopic (exact) mass is 947 g/mol. The van der Waals surface area contributed by atoms with Crippen LogP contribution in [0.2, 0.25) is 0 Å². The quantitative estimate of drug-likeness (QED) is 0.0212. The van der Waals surface area contributed by atoms with Crippen molar-refractivity contribution < 1.29 is 37.3 Å². The number of hydrogen-bond donors (Lipinski definition) is 1. The maximum Gasteiger partial charge on any atom is 0.306 e. The van der Waals surface area contributed by atoms with Gasteiger partial charge in [0.05, 0.1) is 33.8 Å². The maximum atomic E-state index is 13.4. The smallest absolute Gasteiger partial charge is 0.306 e. The van der Waals surface area contributed by atoms with Crippen LogP contribution >= 0.6 is 7.82 Å². The van der Waals surface area contributed by atoms with Gasteiger partial charge < -0.3 is 28.5 Å². The Kier molecular flexibility index (Phi) is 44.8. The largest absolute Gasteiger partial charge is 0.756 e. The molecule has 0 aliphatic rings. The number of amides is 1. The van der Waals surface area contributed by atoms with Gasteiger partial charge in [-0.3, -0.25) is 14.2 Å². The van der Waals surface area contributed by atoms with Crippen LogP contribution in [0.25, 0.3) is 0 Å². The molecule has 0 fully saturated rings. The summed E-state index contributed by atoms with van der Waals surface area (Å²) in [6, 6.07) is -0.898. The van der Waals surface area contributed by atoms with E-state index in [1.54, 1.807) is 0 Å². The molecule has 1 N–H and O–H groups in total. The molecule has 0 rings (SSSR count). The third-order valence-corrected chi connectivity index (χ3v) is 12.6. The Bertz CT molecular complexity index is 1320. The Balaban J connectivity index is 5.41. The molecule has 0 radical (unpaired) electrons. The number of nitrogens with zero attached hydrogens (tertiary/aromatic N) is 1. The molecule has 0 aromatic carbocycles. The number of carbonyl (C=O) groups excluding carboxylic acids is 2. The highest BCUT2D eigenvalue weighted by Gasteiger charge is 2.27. The average Bonchev–Trinajstić information content (AvgIpc) is 3.27. The lowest BCUT2D eigenvalue weighted by molar-refractivity contribution is -0.870. The van der Waals surface area contributed by atoms with Gasteiger partial charge in [-0.05, 0) is 89.5 Å². The predicted octanol–water partition coefficient (Wildman–Crippen LogP) is 15.3. The summed E-state index contributed by atoms with van der Waals surface area (Å²) in [4.78, 5) is 39.7. The summed E-state index contributed by atoms with van der Waals surface area (Å²) in [5.41, 5.74) is 0. The van der Waals surface area contributed by atoms with Gasteiger partial charge >= 0.3 is 5.97 Å². The zero-order valence-electron chi connectivity index (χ0n) is 43.6. The number of rotatable bonds is 48. The Labute approximate surface area is 407 Å². The third kappa shape index (κ3) is 46.8. The van der Waals surface area contributed by atoms with Gasteiger partial charge in [0, 0.05) is 12.8 Å². The number of quaternary nitrogens is 1. The van der Waals surface area contributed by atoms with Gasteiger partial charge in [-0.25, -0.2) is 0 Å². The maximum absolute atomic E-state index is 13.4. The molecular formula is C56H103N2O7P. The van der Waals surface area contributed by atoms with Gasteiger partial charge in [-0.15, -0.1) is 0 Å². The van der Waals surface area contributed by atoms with Crippen molar-refractivity contribution in [2.24, 2.45) is 0 Å². The van der Waals surface area contributed by atoms with Crippen LogP contribution in [0.15, 0.2) is 60.8 Å². The van der Waals surface area contributed by atoms with Crippen molar-refractivity contribution in [1.29, 1.82) is 0 Å². The number of unbranched alkanes of at least 4 members (excludes halogenated alkanes) is 24. The van der Waals surface area contributed by atoms with Crippen LogP contribution in [0.3, 0.4) is 0 Å². The van der Waals surface area contributed by atoms with Gasteiger partial charge in [0.25, 0.3) is 7.82 Å². The summed E-state index contributed by atoms with van der Waals surface area (Å²) in [5, 5.41) is 3.00. The number of nitrogens with one attached hydrogen (secondary N) is 1. The van der Waals surface area contributed by atoms with E-state index >= 15 is 0 Å². The van der Waals surface area contributed by atoms with Crippen LogP contribution < -0.4 is 10.2 Å². The zero-order chi connectivity index (χ0) is 48.7. The lowest BCUT2D eigenvalue weighted by Gasteiger charge is -2.30. The van der Waals surface area contributed by atoms with E-state index in [1.807, 2.05) is 33.3 Å². The normalized spacial score (nSPS) is 14.3. The van der Waals surface area contributed by atoms with Crippen LogP contribution in [0.1, 0.15) is 233 Å². The van der Waals surface area contributed by atoms with Crippen molar-refractivity contribution in [3.8, 4) is 0 Å². The topological polar surface area (TPSA) is 114 Å². The molecule has 0 saturated heterocycles. The number of carbonyl (C=O) groups is 2. The molecular weight excluding hydrogens is 844 g/mol. The number of likely N-dealkylation sites (N-methyl/N-ethyl adjacent to an activating group) is 1. The van der Waals surface area contributed by atoms with Crippen molar-refractivity contribution in [3.05, 3.63) is 60.8 Å². The first kappa shape index (κ1) is 63.7. The average molecular weight is 947 g/mol. The van der Waals surface area contributed by atoms with E-state index in [1.165, 1.54) is 96.3 Å². The number of phosphoric acid groups is 1. The summed E-state index contributed by atoms with van der Waals surface area (Å²) < 4.78 is 30.1. The van der Waals surface area contributed by atoms with E-state index in [2.05, 4.69) is 74.7 Å². The minimum Gasteiger partial charge on any atom is -0.756 e. The summed E-state index contributed by atoms with van der Waals surface area (Å²) in [6.07, 6.45) is 56.1. The number of hydrogen-bond acceptors (Lipinski definition) is 7. The molecule has 10 heteroatoms. The highest BCUT2D eigenvalue weighted by Crippen LogP contribution is 2.38. The van der Waals surface area contributed by atoms with Gasteiger partial charge in [0.2, 0.25) is 5.91 Å². The van der Waals surface area contributed by atoms with E-state index in [0.29, 0.717) is 23.9 Å². The van der Waals surface area contributed by atoms with Crippen molar-refractivity contribution in [2.75, 3.05) is 40.9 Å². The molecule has 0 aliphatic carbocycles. The first-order chi connectivity index (χ1) is 31.9. The molecule has 3 unspecified atom stereocenters. The molecule has 0 bridgehead atoms. The second-order valence-corrected chi connectivity index (χ2v) is 20.8. The lowest BCUT2D eigenvalue weighted by Crippen LogP contribution is -2.47. The Morgan fingerprint density at radius 3 is 1.48 bits per heavy atom. The fourth-order valence-electron chi connectivity index (χ4n) is 7.47. The second-order valence-electron chi connectivity index (χ2n) is 19.3. The molecule has 0 heterocycles. The summed E-state index contributed by atoms with van der Waals surface area (Å²) in [7, 11) is 1.16.